The fraction of sp³-hybridized carbons (Fsp3) is 0.222. The molecule has 2 heterocycles. The number of aliphatic imine (C=N–C) groups is 1. The first kappa shape index (κ1) is 24.6. The van der Waals surface area contributed by atoms with Crippen LogP contribution in [0, 0.1) is 5.41 Å². The second-order valence-electron chi connectivity index (χ2n) is 7.87. The number of para-hydroxylation sites is 2. The van der Waals surface area contributed by atoms with Gasteiger partial charge in [0.15, 0.2) is 34.7 Å². The number of fused-ring (bicyclic) bond motifs is 1. The summed E-state index contributed by atoms with van der Waals surface area (Å²) in [5.41, 5.74) is 1.56. The Balaban J connectivity index is 1.55. The van der Waals surface area contributed by atoms with Crippen LogP contribution in [0.2, 0.25) is 0 Å². The summed E-state index contributed by atoms with van der Waals surface area (Å²) >= 11 is 0. The molecule has 36 heavy (non-hydrogen) atoms. The smallest absolute Gasteiger partial charge is 0.282 e. The molecule has 0 atom stereocenters. The van der Waals surface area contributed by atoms with E-state index in [9.17, 15) is 4.79 Å². The molecule has 0 radical (unpaired) electrons. The molecule has 0 saturated carbocycles. The Morgan fingerprint density at radius 2 is 1.81 bits per heavy atom. The molecule has 0 fully saturated rings. The van der Waals surface area contributed by atoms with Crippen molar-refractivity contribution in [3.63, 3.8) is 0 Å². The van der Waals surface area contributed by atoms with Gasteiger partial charge in [-0.15, -0.1) is 11.6 Å². The number of amidine groups is 2. The second kappa shape index (κ2) is 10.8. The normalized spacial score (nSPS) is 15.6. The molecule has 4 rings (SSSR count). The standard InChI is InChI=1S/C27H27N3O6/c1-5-8-19-14-18(15-20-26(28)30-24(29-27(20)31)13-17(2)36-30)16-23(33-4)25(19)35-12-11-34-22-10-7-6-9-21(22)32-3/h5-7,9-10,13-16,28H,1,8,11-12H2,2-4H3/b20-15+,28-26?. The van der Waals surface area contributed by atoms with Crippen LogP contribution in [-0.2, 0) is 16.1 Å². The fourth-order valence-corrected chi connectivity index (χ4v) is 3.79. The number of amides is 1. The molecule has 9 heteroatoms. The minimum atomic E-state index is -0.515. The van der Waals surface area contributed by atoms with E-state index in [1.165, 1.54) is 5.06 Å². The number of nitrogens with one attached hydrogen (secondary N) is 1. The minimum absolute atomic E-state index is 0.0869. The number of hydroxylamine groups is 2. The summed E-state index contributed by atoms with van der Waals surface area (Å²) in [7, 11) is 3.13. The van der Waals surface area contributed by atoms with Crippen LogP contribution >= 0.6 is 0 Å². The van der Waals surface area contributed by atoms with Gasteiger partial charge in [-0.3, -0.25) is 10.2 Å². The van der Waals surface area contributed by atoms with Gasteiger partial charge in [0.25, 0.3) is 5.91 Å². The Bertz CT molecular complexity index is 1290. The van der Waals surface area contributed by atoms with Crippen LogP contribution < -0.4 is 18.9 Å². The van der Waals surface area contributed by atoms with Gasteiger partial charge in [-0.2, -0.15) is 4.99 Å². The van der Waals surface area contributed by atoms with Crippen molar-refractivity contribution in [2.24, 2.45) is 4.99 Å². The van der Waals surface area contributed by atoms with E-state index in [4.69, 9.17) is 29.2 Å². The first-order valence-electron chi connectivity index (χ1n) is 11.3. The van der Waals surface area contributed by atoms with E-state index in [1.807, 2.05) is 30.3 Å². The zero-order valence-corrected chi connectivity index (χ0v) is 20.4. The quantitative estimate of drug-likeness (QED) is 0.301. The average molecular weight is 490 g/mol. The van der Waals surface area contributed by atoms with E-state index in [0.29, 0.717) is 46.6 Å². The van der Waals surface area contributed by atoms with E-state index in [0.717, 1.165) is 5.56 Å². The van der Waals surface area contributed by atoms with Crippen LogP contribution in [0.15, 0.2) is 71.5 Å². The maximum absolute atomic E-state index is 12.6. The van der Waals surface area contributed by atoms with Gasteiger partial charge in [0.1, 0.15) is 19.0 Å². The van der Waals surface area contributed by atoms with Gasteiger partial charge in [-0.25, -0.2) is 0 Å². The molecule has 2 aliphatic heterocycles. The summed E-state index contributed by atoms with van der Waals surface area (Å²) in [6.45, 7) is 6.12. The number of nitrogens with zero attached hydrogens (tertiary/aromatic N) is 2. The number of benzene rings is 2. The fourth-order valence-electron chi connectivity index (χ4n) is 3.79. The van der Waals surface area contributed by atoms with Crippen LogP contribution in [-0.4, -0.2) is 50.1 Å². The molecule has 0 aromatic heterocycles. The number of carbonyl (C=O) groups excluding carboxylic acids is 1. The zero-order chi connectivity index (χ0) is 25.7. The van der Waals surface area contributed by atoms with Gasteiger partial charge in [-0.1, -0.05) is 18.2 Å². The highest BCUT2D eigenvalue weighted by Crippen LogP contribution is 2.35. The highest BCUT2D eigenvalue weighted by atomic mass is 16.7. The summed E-state index contributed by atoms with van der Waals surface area (Å²) in [4.78, 5) is 22.1. The molecule has 0 unspecified atom stereocenters. The number of ether oxygens (including phenoxy) is 4. The van der Waals surface area contributed by atoms with Crippen molar-refractivity contribution in [2.45, 2.75) is 13.3 Å². The lowest BCUT2D eigenvalue weighted by atomic mass is 10.0. The van der Waals surface area contributed by atoms with Crippen molar-refractivity contribution >= 4 is 23.7 Å². The summed E-state index contributed by atoms with van der Waals surface area (Å²) in [5.74, 6) is 2.55. The number of carbonyl (C=O) groups is 1. The van der Waals surface area contributed by atoms with E-state index in [1.54, 1.807) is 45.4 Å². The largest absolute Gasteiger partial charge is 0.493 e. The Hall–Kier alpha value is -4.53. The lowest BCUT2D eigenvalue weighted by molar-refractivity contribution is -0.114. The molecule has 0 bridgehead atoms. The molecule has 1 amide bonds. The molecule has 0 aliphatic carbocycles. The second-order valence-corrected chi connectivity index (χ2v) is 7.87. The highest BCUT2D eigenvalue weighted by molar-refractivity contribution is 6.32. The van der Waals surface area contributed by atoms with Gasteiger partial charge in [0, 0.05) is 11.6 Å². The van der Waals surface area contributed by atoms with Gasteiger partial charge >= 0.3 is 0 Å². The van der Waals surface area contributed by atoms with Crippen molar-refractivity contribution < 1.29 is 28.6 Å². The summed E-state index contributed by atoms with van der Waals surface area (Å²) in [6.07, 6.45) is 5.45. The monoisotopic (exact) mass is 489 g/mol. The number of allylic oxidation sites excluding steroid dienone is 2. The summed E-state index contributed by atoms with van der Waals surface area (Å²) < 4.78 is 22.7. The lowest BCUT2D eigenvalue weighted by Gasteiger charge is -2.23. The molecular formula is C27H27N3O6. The van der Waals surface area contributed by atoms with Crippen LogP contribution in [0.3, 0.4) is 0 Å². The number of hydrogen-bond acceptors (Lipinski definition) is 7. The van der Waals surface area contributed by atoms with Crippen LogP contribution in [0.4, 0.5) is 0 Å². The van der Waals surface area contributed by atoms with Crippen molar-refractivity contribution in [3.8, 4) is 23.0 Å². The number of methoxy groups -OCH3 is 2. The lowest BCUT2D eigenvalue weighted by Crippen LogP contribution is -2.38. The molecule has 9 nitrogen and oxygen atoms in total. The van der Waals surface area contributed by atoms with E-state index >= 15 is 0 Å². The number of hydrogen-bond donors (Lipinski definition) is 1. The molecule has 2 aromatic carbocycles. The summed E-state index contributed by atoms with van der Waals surface area (Å²) in [6, 6.07) is 11.0. The Morgan fingerprint density at radius 3 is 2.53 bits per heavy atom. The van der Waals surface area contributed by atoms with Crippen molar-refractivity contribution in [1.82, 2.24) is 5.06 Å². The summed E-state index contributed by atoms with van der Waals surface area (Å²) in [5, 5.41) is 9.66. The third-order valence-electron chi connectivity index (χ3n) is 5.39. The van der Waals surface area contributed by atoms with Gasteiger partial charge < -0.3 is 23.8 Å². The van der Waals surface area contributed by atoms with Crippen LogP contribution in [0.25, 0.3) is 6.08 Å². The maximum Gasteiger partial charge on any atom is 0.282 e. The van der Waals surface area contributed by atoms with Crippen molar-refractivity contribution in [1.29, 1.82) is 5.41 Å². The number of rotatable bonds is 10. The molecule has 2 aromatic rings. The van der Waals surface area contributed by atoms with E-state index in [-0.39, 0.29) is 24.6 Å². The Kier molecular flexibility index (Phi) is 7.39. The third-order valence-corrected chi connectivity index (χ3v) is 5.39. The van der Waals surface area contributed by atoms with E-state index < -0.39 is 5.91 Å². The predicted octanol–water partition coefficient (Wildman–Crippen LogP) is 4.34. The predicted molar refractivity (Wildman–Crippen MR) is 136 cm³/mol. The third kappa shape index (κ3) is 5.10. The average Bonchev–Trinajstić information content (AvgIpc) is 3.25. The van der Waals surface area contributed by atoms with Gasteiger partial charge in [-0.05, 0) is 49.2 Å². The zero-order valence-electron chi connectivity index (χ0n) is 20.4. The molecular weight excluding hydrogens is 462 g/mol. The SMILES string of the molecule is C=CCc1cc(/C=C2\C(=N)N3OC(C)=CC3=NC2=O)cc(OC)c1OCCOc1ccccc1OC. The van der Waals surface area contributed by atoms with Gasteiger partial charge in [0.05, 0.1) is 19.8 Å². The topological polar surface area (TPSA) is 103 Å². The molecule has 2 aliphatic rings. The minimum Gasteiger partial charge on any atom is -0.493 e. The maximum atomic E-state index is 12.6. The first-order valence-corrected chi connectivity index (χ1v) is 11.3. The van der Waals surface area contributed by atoms with Gasteiger partial charge in [0.2, 0.25) is 0 Å². The molecule has 0 spiro atoms. The Labute approximate surface area is 209 Å². The molecule has 0 saturated heterocycles. The molecule has 186 valence electrons. The van der Waals surface area contributed by atoms with Crippen molar-refractivity contribution in [3.05, 3.63) is 77.6 Å². The molecule has 1 N–H and O–H groups in total. The van der Waals surface area contributed by atoms with E-state index in [2.05, 4.69) is 11.6 Å². The van der Waals surface area contributed by atoms with Crippen LogP contribution in [0.1, 0.15) is 18.1 Å². The Morgan fingerprint density at radius 1 is 1.08 bits per heavy atom. The first-order chi connectivity index (χ1) is 17.4. The highest BCUT2D eigenvalue weighted by Gasteiger charge is 2.34. The van der Waals surface area contributed by atoms with Crippen molar-refractivity contribution in [2.75, 3.05) is 27.4 Å². The van der Waals surface area contributed by atoms with Crippen LogP contribution in [0.5, 0.6) is 23.0 Å².